The SMILES string of the molecule is CCCCC1CCC(c2ccc(OCc3ccc(F)c(F)c3)cc2)CC1. The van der Waals surface area contributed by atoms with Gasteiger partial charge in [-0.1, -0.05) is 44.4 Å². The van der Waals surface area contributed by atoms with E-state index >= 15 is 0 Å². The van der Waals surface area contributed by atoms with Gasteiger partial charge in [-0.15, -0.1) is 0 Å². The zero-order chi connectivity index (χ0) is 18.4. The summed E-state index contributed by atoms with van der Waals surface area (Å²) in [6.45, 7) is 2.50. The Morgan fingerprint density at radius 3 is 2.31 bits per heavy atom. The third kappa shape index (κ3) is 5.06. The fourth-order valence-electron chi connectivity index (χ4n) is 3.91. The van der Waals surface area contributed by atoms with Crippen molar-refractivity contribution < 1.29 is 13.5 Å². The summed E-state index contributed by atoms with van der Waals surface area (Å²) in [5.74, 6) is 0.673. The molecule has 3 heteroatoms. The molecule has 0 unspecified atom stereocenters. The fourth-order valence-corrected chi connectivity index (χ4v) is 3.91. The van der Waals surface area contributed by atoms with Crippen molar-refractivity contribution in [2.24, 2.45) is 5.92 Å². The monoisotopic (exact) mass is 358 g/mol. The molecule has 0 aromatic heterocycles. The molecule has 0 heterocycles. The first kappa shape index (κ1) is 18.9. The number of rotatable bonds is 7. The van der Waals surface area contributed by atoms with Gasteiger partial charge in [-0.25, -0.2) is 8.78 Å². The highest BCUT2D eigenvalue weighted by Crippen LogP contribution is 2.38. The Bertz CT molecular complexity index is 688. The largest absolute Gasteiger partial charge is 0.489 e. The average molecular weight is 358 g/mol. The van der Waals surface area contributed by atoms with E-state index in [0.29, 0.717) is 11.5 Å². The lowest BCUT2D eigenvalue weighted by atomic mass is 9.77. The summed E-state index contributed by atoms with van der Waals surface area (Å²) in [4.78, 5) is 0. The molecule has 0 spiro atoms. The van der Waals surface area contributed by atoms with Gasteiger partial charge in [-0.2, -0.15) is 0 Å². The van der Waals surface area contributed by atoms with Gasteiger partial charge in [0.15, 0.2) is 11.6 Å². The van der Waals surface area contributed by atoms with E-state index in [2.05, 4.69) is 19.1 Å². The van der Waals surface area contributed by atoms with Crippen molar-refractivity contribution in [2.75, 3.05) is 0 Å². The second kappa shape index (κ2) is 9.16. The van der Waals surface area contributed by atoms with E-state index in [9.17, 15) is 8.78 Å². The molecular weight excluding hydrogens is 330 g/mol. The summed E-state index contributed by atoms with van der Waals surface area (Å²) < 4.78 is 31.9. The highest BCUT2D eigenvalue weighted by atomic mass is 19.2. The molecule has 1 aliphatic rings. The van der Waals surface area contributed by atoms with Crippen LogP contribution in [0.5, 0.6) is 5.75 Å². The minimum Gasteiger partial charge on any atom is -0.489 e. The van der Waals surface area contributed by atoms with Gasteiger partial charge >= 0.3 is 0 Å². The molecular formula is C23H28F2O. The van der Waals surface area contributed by atoms with E-state index in [1.54, 1.807) is 6.07 Å². The van der Waals surface area contributed by atoms with E-state index in [4.69, 9.17) is 4.74 Å². The molecule has 2 aromatic carbocycles. The lowest BCUT2D eigenvalue weighted by Gasteiger charge is -2.28. The molecule has 0 atom stereocenters. The van der Waals surface area contributed by atoms with Crippen LogP contribution in [0.3, 0.4) is 0 Å². The summed E-state index contributed by atoms with van der Waals surface area (Å²) in [6.07, 6.45) is 9.30. The van der Waals surface area contributed by atoms with Gasteiger partial charge in [0.1, 0.15) is 12.4 Å². The Labute approximate surface area is 155 Å². The van der Waals surface area contributed by atoms with E-state index in [1.807, 2.05) is 12.1 Å². The molecule has 3 rings (SSSR count). The molecule has 140 valence electrons. The first-order valence-electron chi connectivity index (χ1n) is 9.82. The standard InChI is InChI=1S/C23H28F2O/c1-2-3-4-17-5-8-19(9-6-17)20-10-12-21(13-11-20)26-16-18-7-14-22(24)23(25)15-18/h7,10-15,17,19H,2-6,8-9,16H2,1H3. The Balaban J connectivity index is 1.50. The quantitative estimate of drug-likeness (QED) is 0.517. The smallest absolute Gasteiger partial charge is 0.159 e. The van der Waals surface area contributed by atoms with Crippen molar-refractivity contribution >= 4 is 0 Å². The van der Waals surface area contributed by atoms with Crippen LogP contribution in [0.4, 0.5) is 8.78 Å². The van der Waals surface area contributed by atoms with Crippen molar-refractivity contribution in [1.82, 2.24) is 0 Å². The highest BCUT2D eigenvalue weighted by molar-refractivity contribution is 5.30. The number of benzene rings is 2. The van der Waals surface area contributed by atoms with E-state index in [1.165, 1.54) is 56.6 Å². The van der Waals surface area contributed by atoms with Gasteiger partial charge in [-0.3, -0.25) is 0 Å². The number of hydrogen-bond acceptors (Lipinski definition) is 1. The topological polar surface area (TPSA) is 9.23 Å². The molecule has 0 bridgehead atoms. The normalized spacial score (nSPS) is 20.1. The van der Waals surface area contributed by atoms with Crippen LogP contribution in [0, 0.1) is 17.6 Å². The lowest BCUT2D eigenvalue weighted by molar-refractivity contribution is 0.300. The van der Waals surface area contributed by atoms with Crippen molar-refractivity contribution in [3.05, 3.63) is 65.2 Å². The predicted molar refractivity (Wildman–Crippen MR) is 101 cm³/mol. The van der Waals surface area contributed by atoms with Crippen molar-refractivity contribution in [3.8, 4) is 5.75 Å². The van der Waals surface area contributed by atoms with E-state index in [0.717, 1.165) is 17.7 Å². The Kier molecular flexibility index (Phi) is 6.65. The first-order valence-corrected chi connectivity index (χ1v) is 9.82. The molecule has 0 saturated heterocycles. The summed E-state index contributed by atoms with van der Waals surface area (Å²) in [5.41, 5.74) is 2.01. The van der Waals surface area contributed by atoms with Crippen molar-refractivity contribution in [1.29, 1.82) is 0 Å². The first-order chi connectivity index (χ1) is 12.7. The molecule has 26 heavy (non-hydrogen) atoms. The molecule has 0 N–H and O–H groups in total. The Morgan fingerprint density at radius 1 is 0.923 bits per heavy atom. The van der Waals surface area contributed by atoms with E-state index in [-0.39, 0.29) is 6.61 Å². The zero-order valence-corrected chi connectivity index (χ0v) is 15.5. The number of hydrogen-bond donors (Lipinski definition) is 0. The van der Waals surface area contributed by atoms with Crippen LogP contribution in [0.1, 0.15) is 68.9 Å². The summed E-state index contributed by atoms with van der Waals surface area (Å²) in [5, 5.41) is 0. The van der Waals surface area contributed by atoms with Gasteiger partial charge in [0.2, 0.25) is 0 Å². The minimum absolute atomic E-state index is 0.235. The zero-order valence-electron chi connectivity index (χ0n) is 15.5. The third-order valence-corrected chi connectivity index (χ3v) is 5.55. The van der Waals surface area contributed by atoms with Crippen LogP contribution < -0.4 is 4.74 Å². The lowest BCUT2D eigenvalue weighted by Crippen LogP contribution is -2.13. The van der Waals surface area contributed by atoms with Gasteiger partial charge in [0, 0.05) is 0 Å². The van der Waals surface area contributed by atoms with Gasteiger partial charge < -0.3 is 4.74 Å². The molecule has 1 aliphatic carbocycles. The molecule has 0 amide bonds. The maximum atomic E-state index is 13.2. The van der Waals surface area contributed by atoms with Crippen molar-refractivity contribution in [3.63, 3.8) is 0 Å². The van der Waals surface area contributed by atoms with Gasteiger partial charge in [-0.05, 0) is 72.9 Å². The number of unbranched alkanes of at least 4 members (excludes halogenated alkanes) is 1. The minimum atomic E-state index is -0.837. The number of ether oxygens (including phenoxy) is 1. The Morgan fingerprint density at radius 2 is 1.65 bits per heavy atom. The summed E-state index contributed by atoms with van der Waals surface area (Å²) in [6, 6.07) is 12.1. The molecule has 0 radical (unpaired) electrons. The van der Waals surface area contributed by atoms with E-state index < -0.39 is 11.6 Å². The molecule has 1 fully saturated rings. The highest BCUT2D eigenvalue weighted by Gasteiger charge is 2.21. The Hall–Kier alpha value is -1.90. The van der Waals surface area contributed by atoms with Crippen LogP contribution >= 0.6 is 0 Å². The maximum Gasteiger partial charge on any atom is 0.159 e. The van der Waals surface area contributed by atoms with Crippen molar-refractivity contribution in [2.45, 2.75) is 64.4 Å². The molecule has 1 saturated carbocycles. The van der Waals surface area contributed by atoms with Crippen LogP contribution in [0.15, 0.2) is 42.5 Å². The maximum absolute atomic E-state index is 13.2. The molecule has 2 aromatic rings. The molecule has 0 aliphatic heterocycles. The number of halogens is 2. The van der Waals surface area contributed by atoms with Crippen LogP contribution in [-0.4, -0.2) is 0 Å². The second-order valence-electron chi connectivity index (χ2n) is 7.47. The summed E-state index contributed by atoms with van der Waals surface area (Å²) >= 11 is 0. The van der Waals surface area contributed by atoms with Gasteiger partial charge in [0.25, 0.3) is 0 Å². The summed E-state index contributed by atoms with van der Waals surface area (Å²) in [7, 11) is 0. The third-order valence-electron chi connectivity index (χ3n) is 5.55. The predicted octanol–water partition coefficient (Wildman–Crippen LogP) is 7.01. The van der Waals surface area contributed by atoms with Crippen LogP contribution in [-0.2, 0) is 6.61 Å². The molecule has 1 nitrogen and oxygen atoms in total. The average Bonchev–Trinajstić information content (AvgIpc) is 2.68. The van der Waals surface area contributed by atoms with Crippen LogP contribution in [0.25, 0.3) is 0 Å². The fraction of sp³-hybridized carbons (Fsp3) is 0.478. The van der Waals surface area contributed by atoms with Crippen LogP contribution in [0.2, 0.25) is 0 Å². The van der Waals surface area contributed by atoms with Gasteiger partial charge in [0.05, 0.1) is 0 Å². The second-order valence-corrected chi connectivity index (χ2v) is 7.47.